The standard InChI is InChI=1S/C15H26N4O/c1-11-6-5-7-12(8-11)19(3)15-9-13(16-2)17-14(18-15)10-20-4/h9,11-12H,5-8,10H2,1-4H3,(H,16,17,18). The van der Waals surface area contributed by atoms with Gasteiger partial charge in [0, 0.05) is 33.3 Å². The second-order valence-corrected chi connectivity index (χ2v) is 5.75. The molecule has 20 heavy (non-hydrogen) atoms. The zero-order valence-corrected chi connectivity index (χ0v) is 13.0. The summed E-state index contributed by atoms with van der Waals surface area (Å²) >= 11 is 0. The molecule has 1 aliphatic rings. The zero-order chi connectivity index (χ0) is 14.5. The molecule has 1 aromatic rings. The highest BCUT2D eigenvalue weighted by Gasteiger charge is 2.23. The summed E-state index contributed by atoms with van der Waals surface area (Å²) in [4.78, 5) is 11.3. The van der Waals surface area contributed by atoms with Crippen molar-refractivity contribution < 1.29 is 4.74 Å². The van der Waals surface area contributed by atoms with Crippen LogP contribution in [0.2, 0.25) is 0 Å². The van der Waals surface area contributed by atoms with E-state index in [1.807, 2.05) is 13.1 Å². The normalized spacial score (nSPS) is 22.6. The summed E-state index contributed by atoms with van der Waals surface area (Å²) in [7, 11) is 5.69. The molecule has 0 aliphatic heterocycles. The van der Waals surface area contributed by atoms with Gasteiger partial charge in [0.05, 0.1) is 0 Å². The fraction of sp³-hybridized carbons (Fsp3) is 0.733. The number of ether oxygens (including phenoxy) is 1. The second-order valence-electron chi connectivity index (χ2n) is 5.75. The van der Waals surface area contributed by atoms with Gasteiger partial charge in [-0.05, 0) is 18.8 Å². The summed E-state index contributed by atoms with van der Waals surface area (Å²) in [5.74, 6) is 3.36. The van der Waals surface area contributed by atoms with Gasteiger partial charge >= 0.3 is 0 Å². The molecule has 0 radical (unpaired) electrons. The molecule has 1 aliphatic carbocycles. The molecule has 0 aromatic carbocycles. The summed E-state index contributed by atoms with van der Waals surface area (Å²) < 4.78 is 5.15. The smallest absolute Gasteiger partial charge is 0.158 e. The van der Waals surface area contributed by atoms with Gasteiger partial charge in [-0.15, -0.1) is 0 Å². The summed E-state index contributed by atoms with van der Waals surface area (Å²) in [6.45, 7) is 2.78. The SMILES string of the molecule is CNc1cc(N(C)C2CCCC(C)C2)nc(COC)n1. The van der Waals surface area contributed by atoms with Crippen molar-refractivity contribution in [3.63, 3.8) is 0 Å². The fourth-order valence-corrected chi connectivity index (χ4v) is 2.93. The zero-order valence-electron chi connectivity index (χ0n) is 13.0. The minimum Gasteiger partial charge on any atom is -0.377 e. The van der Waals surface area contributed by atoms with E-state index >= 15 is 0 Å². The molecule has 5 heteroatoms. The molecule has 1 saturated carbocycles. The van der Waals surface area contributed by atoms with Crippen LogP contribution in [0.3, 0.4) is 0 Å². The Bertz CT molecular complexity index is 438. The van der Waals surface area contributed by atoms with Crippen LogP contribution in [0.4, 0.5) is 11.6 Å². The third-order valence-corrected chi connectivity index (χ3v) is 4.11. The maximum atomic E-state index is 5.15. The van der Waals surface area contributed by atoms with E-state index < -0.39 is 0 Å². The molecule has 2 atom stereocenters. The van der Waals surface area contributed by atoms with Gasteiger partial charge in [-0.3, -0.25) is 0 Å². The summed E-state index contributed by atoms with van der Waals surface area (Å²) in [5, 5.41) is 3.10. The molecule has 2 unspecified atom stereocenters. The lowest BCUT2D eigenvalue weighted by Gasteiger charge is -2.35. The number of rotatable bonds is 5. The second kappa shape index (κ2) is 6.88. The number of methoxy groups -OCH3 is 1. The van der Waals surface area contributed by atoms with E-state index in [1.165, 1.54) is 25.7 Å². The van der Waals surface area contributed by atoms with Crippen LogP contribution in [-0.2, 0) is 11.3 Å². The van der Waals surface area contributed by atoms with Crippen molar-refractivity contribution in [3.8, 4) is 0 Å². The van der Waals surface area contributed by atoms with E-state index in [0.717, 1.165) is 23.4 Å². The average molecular weight is 278 g/mol. The van der Waals surface area contributed by atoms with Crippen molar-refractivity contribution in [2.45, 2.75) is 45.3 Å². The lowest BCUT2D eigenvalue weighted by Crippen LogP contribution is -2.36. The van der Waals surface area contributed by atoms with E-state index in [0.29, 0.717) is 12.6 Å². The van der Waals surface area contributed by atoms with E-state index in [4.69, 9.17) is 4.74 Å². The predicted octanol–water partition coefficient (Wildman–Crippen LogP) is 2.68. The highest BCUT2D eigenvalue weighted by atomic mass is 16.5. The van der Waals surface area contributed by atoms with E-state index in [9.17, 15) is 0 Å². The molecule has 112 valence electrons. The third-order valence-electron chi connectivity index (χ3n) is 4.11. The van der Waals surface area contributed by atoms with Gasteiger partial charge in [0.1, 0.15) is 18.2 Å². The van der Waals surface area contributed by atoms with Gasteiger partial charge in [0.15, 0.2) is 5.82 Å². The van der Waals surface area contributed by atoms with Crippen molar-refractivity contribution in [1.82, 2.24) is 9.97 Å². The Kier molecular flexibility index (Phi) is 5.17. The maximum absolute atomic E-state index is 5.15. The Morgan fingerprint density at radius 1 is 1.40 bits per heavy atom. The van der Waals surface area contributed by atoms with Crippen molar-refractivity contribution in [1.29, 1.82) is 0 Å². The molecular formula is C15H26N4O. The molecule has 0 amide bonds. The van der Waals surface area contributed by atoms with Crippen LogP contribution in [0.5, 0.6) is 0 Å². The maximum Gasteiger partial charge on any atom is 0.158 e. The number of nitrogens with one attached hydrogen (secondary N) is 1. The van der Waals surface area contributed by atoms with Gasteiger partial charge in [0.25, 0.3) is 0 Å². The molecule has 0 saturated heterocycles. The topological polar surface area (TPSA) is 50.3 Å². The van der Waals surface area contributed by atoms with Crippen LogP contribution in [0, 0.1) is 5.92 Å². The molecule has 1 N–H and O–H groups in total. The van der Waals surface area contributed by atoms with Crippen LogP contribution in [0.15, 0.2) is 6.07 Å². The Balaban J connectivity index is 2.19. The highest BCUT2D eigenvalue weighted by Crippen LogP contribution is 2.29. The van der Waals surface area contributed by atoms with Crippen molar-refractivity contribution in [3.05, 3.63) is 11.9 Å². The van der Waals surface area contributed by atoms with Crippen LogP contribution in [0.25, 0.3) is 0 Å². The summed E-state index contributed by atoms with van der Waals surface area (Å²) in [5.41, 5.74) is 0. The summed E-state index contributed by atoms with van der Waals surface area (Å²) in [6, 6.07) is 2.59. The number of aromatic nitrogens is 2. The molecule has 1 heterocycles. The Morgan fingerprint density at radius 2 is 2.20 bits per heavy atom. The van der Waals surface area contributed by atoms with Crippen molar-refractivity contribution in [2.24, 2.45) is 5.92 Å². The van der Waals surface area contributed by atoms with E-state index in [2.05, 4.69) is 34.2 Å². The molecule has 2 rings (SSSR count). The largest absolute Gasteiger partial charge is 0.377 e. The molecule has 0 bridgehead atoms. The minimum absolute atomic E-state index is 0.442. The highest BCUT2D eigenvalue weighted by molar-refractivity contribution is 5.49. The third kappa shape index (κ3) is 3.60. The van der Waals surface area contributed by atoms with Gasteiger partial charge in [0.2, 0.25) is 0 Å². The van der Waals surface area contributed by atoms with Gasteiger partial charge in [-0.2, -0.15) is 0 Å². The number of anilines is 2. The summed E-state index contributed by atoms with van der Waals surface area (Å²) in [6.07, 6.45) is 5.16. The van der Waals surface area contributed by atoms with E-state index in [1.54, 1.807) is 7.11 Å². The van der Waals surface area contributed by atoms with Gasteiger partial charge in [-0.25, -0.2) is 9.97 Å². The Morgan fingerprint density at radius 3 is 2.85 bits per heavy atom. The molecule has 5 nitrogen and oxygen atoms in total. The van der Waals surface area contributed by atoms with Crippen LogP contribution in [0.1, 0.15) is 38.4 Å². The average Bonchev–Trinajstić information content (AvgIpc) is 2.46. The van der Waals surface area contributed by atoms with Crippen molar-refractivity contribution >= 4 is 11.6 Å². The first kappa shape index (κ1) is 15.0. The van der Waals surface area contributed by atoms with Gasteiger partial charge in [-0.1, -0.05) is 19.8 Å². The number of hydrogen-bond acceptors (Lipinski definition) is 5. The minimum atomic E-state index is 0.442. The lowest BCUT2D eigenvalue weighted by atomic mass is 9.86. The molecule has 1 aromatic heterocycles. The van der Waals surface area contributed by atoms with Crippen LogP contribution >= 0.6 is 0 Å². The molecule has 0 spiro atoms. The molecular weight excluding hydrogens is 252 g/mol. The monoisotopic (exact) mass is 278 g/mol. The Hall–Kier alpha value is -1.36. The first-order valence-electron chi connectivity index (χ1n) is 7.41. The van der Waals surface area contributed by atoms with Crippen molar-refractivity contribution in [2.75, 3.05) is 31.4 Å². The number of nitrogens with zero attached hydrogens (tertiary/aromatic N) is 3. The fourth-order valence-electron chi connectivity index (χ4n) is 2.93. The first-order valence-corrected chi connectivity index (χ1v) is 7.41. The molecule has 1 fully saturated rings. The van der Waals surface area contributed by atoms with Crippen LogP contribution in [-0.4, -0.2) is 37.2 Å². The van der Waals surface area contributed by atoms with Crippen LogP contribution < -0.4 is 10.2 Å². The predicted molar refractivity (Wildman–Crippen MR) is 82.1 cm³/mol. The Labute approximate surface area is 121 Å². The quantitative estimate of drug-likeness (QED) is 0.897. The van der Waals surface area contributed by atoms with Gasteiger partial charge < -0.3 is 15.0 Å². The first-order chi connectivity index (χ1) is 9.63. The van der Waals surface area contributed by atoms with E-state index in [-0.39, 0.29) is 0 Å². The lowest BCUT2D eigenvalue weighted by molar-refractivity contribution is 0.178. The number of hydrogen-bond donors (Lipinski definition) is 1.